The van der Waals surface area contributed by atoms with Crippen LogP contribution in [0.2, 0.25) is 5.02 Å². The summed E-state index contributed by atoms with van der Waals surface area (Å²) in [6.45, 7) is 7.32. The van der Waals surface area contributed by atoms with Crippen molar-refractivity contribution < 1.29 is 19.0 Å². The quantitative estimate of drug-likeness (QED) is 0.191. The molecule has 1 aliphatic rings. The lowest BCUT2D eigenvalue weighted by Gasteiger charge is -2.23. The van der Waals surface area contributed by atoms with Crippen molar-refractivity contribution in [3.05, 3.63) is 126 Å². The van der Waals surface area contributed by atoms with Crippen LogP contribution in [0.25, 0.3) is 17.0 Å². The minimum Gasteiger partial charge on any atom is -0.490 e. The Morgan fingerprint density at radius 3 is 2.51 bits per heavy atom. The second-order valence-corrected chi connectivity index (χ2v) is 11.9. The molecule has 3 heterocycles. The fourth-order valence-electron chi connectivity index (χ4n) is 5.76. The molecule has 0 amide bonds. The molecule has 0 saturated heterocycles. The third kappa shape index (κ3) is 5.58. The summed E-state index contributed by atoms with van der Waals surface area (Å²) >= 11 is 7.81. The molecule has 1 atom stereocenters. The average molecular weight is 642 g/mol. The number of hydrogen-bond acceptors (Lipinski definition) is 7. The molecule has 0 spiro atoms. The highest BCUT2D eigenvalue weighted by atomic mass is 35.5. The average Bonchev–Trinajstić information content (AvgIpc) is 3.51. The third-order valence-electron chi connectivity index (χ3n) is 7.85. The van der Waals surface area contributed by atoms with Crippen molar-refractivity contribution in [2.75, 3.05) is 20.3 Å². The normalized spacial score (nSPS) is 14.6. The Kier molecular flexibility index (Phi) is 8.65. The summed E-state index contributed by atoms with van der Waals surface area (Å²) in [6.07, 6.45) is 3.41. The lowest BCUT2D eigenvalue weighted by Crippen LogP contribution is -2.39. The Hall–Kier alpha value is -4.60. The van der Waals surface area contributed by atoms with E-state index in [4.69, 9.17) is 25.8 Å². The molecule has 0 aliphatic carbocycles. The van der Waals surface area contributed by atoms with Gasteiger partial charge in [-0.1, -0.05) is 65.4 Å². The van der Waals surface area contributed by atoms with Gasteiger partial charge in [0.25, 0.3) is 5.56 Å². The van der Waals surface area contributed by atoms with Gasteiger partial charge in [-0.3, -0.25) is 9.36 Å². The van der Waals surface area contributed by atoms with Crippen LogP contribution in [0.5, 0.6) is 11.5 Å². The van der Waals surface area contributed by atoms with E-state index in [9.17, 15) is 9.59 Å². The van der Waals surface area contributed by atoms with E-state index < -0.39 is 12.0 Å². The maximum Gasteiger partial charge on any atom is 0.337 e. The van der Waals surface area contributed by atoms with Crippen LogP contribution in [-0.2, 0) is 16.1 Å². The van der Waals surface area contributed by atoms with Crippen molar-refractivity contribution in [1.82, 2.24) is 9.13 Å². The number of halogens is 1. The predicted octanol–water partition coefficient (Wildman–Crippen LogP) is 5.78. The zero-order chi connectivity index (χ0) is 31.7. The van der Waals surface area contributed by atoms with Gasteiger partial charge in [0.1, 0.15) is 0 Å². The minimum absolute atomic E-state index is 0.246. The molecular weight excluding hydrogens is 610 g/mol. The number of esters is 1. The number of rotatable bonds is 9. The number of ether oxygens (including phenoxy) is 3. The number of hydrogen-bond donors (Lipinski definition) is 0. The Labute approximate surface area is 269 Å². The summed E-state index contributed by atoms with van der Waals surface area (Å²) in [5.41, 5.74) is 4.65. The van der Waals surface area contributed by atoms with Gasteiger partial charge in [-0.25, -0.2) is 9.79 Å². The summed E-state index contributed by atoms with van der Waals surface area (Å²) in [5, 5.41) is 1.72. The number of aromatic nitrogens is 2. The first-order valence-electron chi connectivity index (χ1n) is 14.7. The van der Waals surface area contributed by atoms with Gasteiger partial charge < -0.3 is 18.8 Å². The van der Waals surface area contributed by atoms with Gasteiger partial charge in [0.05, 0.1) is 36.5 Å². The number of methoxy groups -OCH3 is 1. The molecule has 0 unspecified atom stereocenters. The molecule has 8 nitrogen and oxygen atoms in total. The van der Waals surface area contributed by atoms with Crippen LogP contribution in [0.1, 0.15) is 42.3 Å². The molecule has 3 aromatic carbocycles. The fourth-order valence-corrected chi connectivity index (χ4v) is 6.91. The largest absolute Gasteiger partial charge is 0.490 e. The van der Waals surface area contributed by atoms with Crippen LogP contribution in [0, 0.1) is 6.92 Å². The van der Waals surface area contributed by atoms with Gasteiger partial charge in [-0.2, -0.15) is 0 Å². The summed E-state index contributed by atoms with van der Waals surface area (Å²) in [7, 11) is 1.32. The van der Waals surface area contributed by atoms with E-state index in [-0.39, 0.29) is 11.1 Å². The number of benzene rings is 3. The molecule has 0 fully saturated rings. The molecule has 6 rings (SSSR count). The number of carbonyl (C=O) groups is 1. The van der Waals surface area contributed by atoms with Crippen LogP contribution in [0.4, 0.5) is 0 Å². The van der Waals surface area contributed by atoms with Crippen LogP contribution >= 0.6 is 22.9 Å². The topological polar surface area (TPSA) is 84.0 Å². The maximum atomic E-state index is 14.3. The first-order chi connectivity index (χ1) is 21.9. The fraction of sp³-hybridized carbons (Fsp3) is 0.229. The van der Waals surface area contributed by atoms with E-state index in [0.717, 1.165) is 27.7 Å². The Balaban J connectivity index is 1.52. The van der Waals surface area contributed by atoms with Crippen molar-refractivity contribution in [3.63, 3.8) is 0 Å². The lowest BCUT2D eigenvalue weighted by molar-refractivity contribution is -0.136. The van der Waals surface area contributed by atoms with E-state index in [1.807, 2.05) is 75.4 Å². The van der Waals surface area contributed by atoms with Crippen LogP contribution in [-0.4, -0.2) is 35.4 Å². The zero-order valence-corrected chi connectivity index (χ0v) is 26.9. The maximum absolute atomic E-state index is 14.3. The van der Waals surface area contributed by atoms with E-state index in [2.05, 4.69) is 21.7 Å². The summed E-state index contributed by atoms with van der Waals surface area (Å²) < 4.78 is 21.0. The highest BCUT2D eigenvalue weighted by molar-refractivity contribution is 7.07. The van der Waals surface area contributed by atoms with Crippen molar-refractivity contribution in [2.24, 2.45) is 4.99 Å². The molecule has 45 heavy (non-hydrogen) atoms. The molecule has 230 valence electrons. The summed E-state index contributed by atoms with van der Waals surface area (Å²) in [5.74, 6) is 0.549. The molecular formula is C35H32ClN3O5S. The molecule has 0 saturated carbocycles. The zero-order valence-electron chi connectivity index (χ0n) is 25.4. The molecule has 1 aliphatic heterocycles. The smallest absolute Gasteiger partial charge is 0.337 e. The van der Waals surface area contributed by atoms with Gasteiger partial charge in [0.2, 0.25) is 0 Å². The second-order valence-electron chi connectivity index (χ2n) is 10.4. The Bertz CT molecular complexity index is 2140. The standard InChI is InChI=1S/C35H32ClN3O5S/c1-5-43-29-16-15-22(17-30(29)44-6-2)32-26(34(41)42-4)19-37-35-39(32)33(40)31(45-35)18-25-21(3)38(28-14-10-8-12-24(25)28)20-23-11-7-9-13-27(23)36/h7-19,32H,5-6,20H2,1-4H3/b31-18+/t32-/m1/s1. The number of fused-ring (bicyclic) bond motifs is 2. The molecule has 2 aromatic heterocycles. The monoisotopic (exact) mass is 641 g/mol. The molecule has 5 aromatic rings. The lowest BCUT2D eigenvalue weighted by atomic mass is 9.97. The van der Waals surface area contributed by atoms with E-state index in [0.29, 0.717) is 51.2 Å². The third-order valence-corrected chi connectivity index (χ3v) is 9.22. The van der Waals surface area contributed by atoms with E-state index in [1.54, 1.807) is 10.6 Å². The molecule has 0 radical (unpaired) electrons. The van der Waals surface area contributed by atoms with Gasteiger partial charge in [-0.05, 0) is 62.2 Å². The minimum atomic E-state index is -0.770. The number of carbonyl (C=O) groups excluding carboxylic acids is 1. The first kappa shape index (κ1) is 30.4. The SMILES string of the molecule is CCOc1ccc([C@@H]2C(C(=O)OC)=CN=c3s/c(=C/c4c(C)n(Cc5ccccc5Cl)c5ccccc45)c(=O)n32)cc1OCC. The molecule has 0 bridgehead atoms. The highest BCUT2D eigenvalue weighted by Gasteiger charge is 2.31. The van der Waals surface area contributed by atoms with Crippen molar-refractivity contribution in [1.29, 1.82) is 0 Å². The summed E-state index contributed by atoms with van der Waals surface area (Å²) in [4.78, 5) is 32.2. The van der Waals surface area contributed by atoms with Gasteiger partial charge >= 0.3 is 5.97 Å². The number of para-hydroxylation sites is 1. The van der Waals surface area contributed by atoms with E-state index in [1.165, 1.54) is 24.6 Å². The van der Waals surface area contributed by atoms with Gasteiger partial charge in [-0.15, -0.1) is 0 Å². The van der Waals surface area contributed by atoms with Gasteiger partial charge in [0.15, 0.2) is 16.3 Å². The van der Waals surface area contributed by atoms with Crippen molar-refractivity contribution >= 4 is 45.9 Å². The van der Waals surface area contributed by atoms with Crippen molar-refractivity contribution in [3.8, 4) is 11.5 Å². The first-order valence-corrected chi connectivity index (χ1v) is 15.9. The van der Waals surface area contributed by atoms with Crippen LogP contribution in [0.3, 0.4) is 0 Å². The highest BCUT2D eigenvalue weighted by Crippen LogP contribution is 2.35. The van der Waals surface area contributed by atoms with E-state index >= 15 is 0 Å². The predicted molar refractivity (Wildman–Crippen MR) is 177 cm³/mol. The Morgan fingerprint density at radius 2 is 1.76 bits per heavy atom. The number of thiazole rings is 1. The van der Waals surface area contributed by atoms with Gasteiger partial charge in [0, 0.05) is 39.9 Å². The summed E-state index contributed by atoms with van der Waals surface area (Å²) in [6, 6.07) is 20.6. The second kappa shape index (κ2) is 12.8. The molecule has 10 heteroatoms. The van der Waals surface area contributed by atoms with Crippen molar-refractivity contribution in [2.45, 2.75) is 33.4 Å². The van der Waals surface area contributed by atoms with Crippen LogP contribution < -0.4 is 24.4 Å². The Morgan fingerprint density at radius 1 is 1.02 bits per heavy atom. The number of nitrogens with zero attached hydrogens (tertiary/aromatic N) is 3. The molecule has 0 N–H and O–H groups in total. The van der Waals surface area contributed by atoms with Crippen LogP contribution in [0.15, 0.2) is 88.3 Å².